The monoisotopic (exact) mass is 239 g/mol. The van der Waals surface area contributed by atoms with Crippen molar-refractivity contribution in [1.29, 1.82) is 0 Å². The van der Waals surface area contributed by atoms with Crippen molar-refractivity contribution in [2.45, 2.75) is 31.7 Å². The molecule has 1 fully saturated rings. The van der Waals surface area contributed by atoms with Crippen molar-refractivity contribution < 1.29 is 4.74 Å². The van der Waals surface area contributed by atoms with Gasteiger partial charge >= 0.3 is 0 Å². The lowest BCUT2D eigenvalue weighted by atomic mass is 9.91. The molecule has 0 radical (unpaired) electrons. The van der Waals surface area contributed by atoms with E-state index in [1.807, 2.05) is 18.2 Å². The topological polar surface area (TPSA) is 21.3 Å². The van der Waals surface area contributed by atoms with Crippen LogP contribution in [0.2, 0.25) is 5.02 Å². The fourth-order valence-electron chi connectivity index (χ4n) is 2.40. The van der Waals surface area contributed by atoms with Gasteiger partial charge in [0, 0.05) is 16.1 Å². The molecule has 2 nitrogen and oxygen atoms in total. The average Bonchev–Trinajstić information content (AvgIpc) is 2.68. The molecule has 1 saturated heterocycles. The molecule has 0 saturated carbocycles. The zero-order chi connectivity index (χ0) is 11.6. The molecule has 0 aliphatic carbocycles. The second-order valence-electron chi connectivity index (χ2n) is 4.69. The van der Waals surface area contributed by atoms with Crippen molar-refractivity contribution in [3.05, 3.63) is 28.8 Å². The van der Waals surface area contributed by atoms with Gasteiger partial charge in [-0.2, -0.15) is 0 Å². The molecular formula is C13H18ClNO. The van der Waals surface area contributed by atoms with E-state index in [0.29, 0.717) is 0 Å². The minimum absolute atomic E-state index is 0.165. The van der Waals surface area contributed by atoms with Crippen molar-refractivity contribution in [3.63, 3.8) is 0 Å². The van der Waals surface area contributed by atoms with Gasteiger partial charge < -0.3 is 10.1 Å². The lowest BCUT2D eigenvalue weighted by Crippen LogP contribution is -2.38. The molecule has 0 amide bonds. The molecule has 2 rings (SSSR count). The Labute approximate surface area is 102 Å². The summed E-state index contributed by atoms with van der Waals surface area (Å²) in [6.07, 6.45) is 3.36. The highest BCUT2D eigenvalue weighted by Crippen LogP contribution is 2.32. The zero-order valence-electron chi connectivity index (χ0n) is 9.85. The van der Waals surface area contributed by atoms with Crippen LogP contribution >= 0.6 is 11.6 Å². The van der Waals surface area contributed by atoms with Gasteiger partial charge in [-0.05, 0) is 44.9 Å². The number of methoxy groups -OCH3 is 1. The molecule has 1 heterocycles. The number of halogens is 1. The van der Waals surface area contributed by atoms with Crippen LogP contribution in [-0.2, 0) is 6.42 Å². The molecule has 1 unspecified atom stereocenters. The van der Waals surface area contributed by atoms with E-state index in [9.17, 15) is 0 Å². The Morgan fingerprint density at radius 1 is 1.50 bits per heavy atom. The van der Waals surface area contributed by atoms with E-state index in [-0.39, 0.29) is 5.54 Å². The van der Waals surface area contributed by atoms with Crippen LogP contribution in [0, 0.1) is 0 Å². The maximum absolute atomic E-state index is 6.24. The van der Waals surface area contributed by atoms with Gasteiger partial charge in [-0.3, -0.25) is 0 Å². The van der Waals surface area contributed by atoms with E-state index >= 15 is 0 Å². The Bertz CT molecular complexity index is 372. The fourth-order valence-corrected chi connectivity index (χ4v) is 2.63. The summed E-state index contributed by atoms with van der Waals surface area (Å²) in [7, 11) is 1.69. The lowest BCUT2D eigenvalue weighted by Gasteiger charge is -2.25. The third-order valence-electron chi connectivity index (χ3n) is 3.32. The van der Waals surface area contributed by atoms with Crippen LogP contribution in [0.4, 0.5) is 0 Å². The molecule has 3 heteroatoms. The summed E-state index contributed by atoms with van der Waals surface area (Å²) in [4.78, 5) is 0. The Kier molecular flexibility index (Phi) is 3.41. The molecule has 16 heavy (non-hydrogen) atoms. The van der Waals surface area contributed by atoms with E-state index in [1.54, 1.807) is 7.11 Å². The summed E-state index contributed by atoms with van der Waals surface area (Å²) < 4.78 is 5.37. The second-order valence-corrected chi connectivity index (χ2v) is 5.10. The predicted octanol–water partition coefficient (Wildman–Crippen LogP) is 3.03. The summed E-state index contributed by atoms with van der Waals surface area (Å²) >= 11 is 6.24. The molecule has 1 atom stereocenters. The SMILES string of the molecule is COc1cccc(Cl)c1CC1(C)CCCN1. The minimum atomic E-state index is 0.165. The van der Waals surface area contributed by atoms with Gasteiger partial charge in [0.2, 0.25) is 0 Å². The van der Waals surface area contributed by atoms with E-state index < -0.39 is 0 Å². The van der Waals surface area contributed by atoms with Crippen molar-refractivity contribution in [1.82, 2.24) is 5.32 Å². The van der Waals surface area contributed by atoms with Crippen molar-refractivity contribution in [3.8, 4) is 5.75 Å². The standard InChI is InChI=1S/C13H18ClNO/c1-13(7-4-8-15-13)9-10-11(14)5-3-6-12(10)16-2/h3,5-6,15H,4,7-9H2,1-2H3. The van der Waals surface area contributed by atoms with E-state index in [4.69, 9.17) is 16.3 Å². The molecule has 1 aliphatic heterocycles. The normalized spacial score (nSPS) is 24.7. The van der Waals surface area contributed by atoms with Crippen LogP contribution in [0.3, 0.4) is 0 Å². The van der Waals surface area contributed by atoms with Crippen LogP contribution < -0.4 is 10.1 Å². The van der Waals surface area contributed by atoms with Gasteiger partial charge in [0.05, 0.1) is 7.11 Å². The molecule has 0 spiro atoms. The van der Waals surface area contributed by atoms with Crippen molar-refractivity contribution >= 4 is 11.6 Å². The highest BCUT2D eigenvalue weighted by molar-refractivity contribution is 6.31. The maximum atomic E-state index is 6.24. The van der Waals surface area contributed by atoms with Gasteiger partial charge in [-0.15, -0.1) is 0 Å². The van der Waals surface area contributed by atoms with Crippen molar-refractivity contribution in [2.75, 3.05) is 13.7 Å². The highest BCUT2D eigenvalue weighted by atomic mass is 35.5. The first kappa shape index (κ1) is 11.7. The highest BCUT2D eigenvalue weighted by Gasteiger charge is 2.29. The first-order valence-electron chi connectivity index (χ1n) is 5.71. The van der Waals surface area contributed by atoms with Crippen LogP contribution in [0.5, 0.6) is 5.75 Å². The third-order valence-corrected chi connectivity index (χ3v) is 3.67. The summed E-state index contributed by atoms with van der Waals surface area (Å²) in [6, 6.07) is 5.83. The Morgan fingerprint density at radius 2 is 2.31 bits per heavy atom. The minimum Gasteiger partial charge on any atom is -0.496 e. The molecule has 1 aromatic rings. The Hall–Kier alpha value is -0.730. The first-order valence-corrected chi connectivity index (χ1v) is 6.09. The number of hydrogen-bond donors (Lipinski definition) is 1. The molecule has 88 valence electrons. The van der Waals surface area contributed by atoms with E-state index in [1.165, 1.54) is 12.8 Å². The molecule has 1 aliphatic rings. The summed E-state index contributed by atoms with van der Waals surface area (Å²) in [5.41, 5.74) is 1.28. The van der Waals surface area contributed by atoms with Crippen LogP contribution in [0.1, 0.15) is 25.3 Å². The lowest BCUT2D eigenvalue weighted by molar-refractivity contribution is 0.382. The quantitative estimate of drug-likeness (QED) is 0.876. The van der Waals surface area contributed by atoms with Gasteiger partial charge in [0.25, 0.3) is 0 Å². The summed E-state index contributed by atoms with van der Waals surface area (Å²) in [5.74, 6) is 0.891. The Morgan fingerprint density at radius 3 is 2.94 bits per heavy atom. The predicted molar refractivity (Wildman–Crippen MR) is 67.3 cm³/mol. The summed E-state index contributed by atoms with van der Waals surface area (Å²) in [5, 5.41) is 4.35. The van der Waals surface area contributed by atoms with Gasteiger partial charge in [-0.1, -0.05) is 17.7 Å². The number of hydrogen-bond acceptors (Lipinski definition) is 2. The Balaban J connectivity index is 2.26. The molecular weight excluding hydrogens is 222 g/mol. The molecule has 1 N–H and O–H groups in total. The number of nitrogens with one attached hydrogen (secondary N) is 1. The van der Waals surface area contributed by atoms with Crippen molar-refractivity contribution in [2.24, 2.45) is 0 Å². The largest absolute Gasteiger partial charge is 0.496 e. The van der Waals surface area contributed by atoms with Crippen LogP contribution in [0.15, 0.2) is 18.2 Å². The molecule has 1 aromatic carbocycles. The first-order chi connectivity index (χ1) is 7.64. The van der Waals surface area contributed by atoms with Gasteiger partial charge in [0.15, 0.2) is 0 Å². The van der Waals surface area contributed by atoms with E-state index in [0.717, 1.165) is 29.3 Å². The van der Waals surface area contributed by atoms with Crippen LogP contribution in [0.25, 0.3) is 0 Å². The number of rotatable bonds is 3. The average molecular weight is 240 g/mol. The number of benzene rings is 1. The molecule has 0 aromatic heterocycles. The number of ether oxygens (including phenoxy) is 1. The van der Waals surface area contributed by atoms with Gasteiger partial charge in [-0.25, -0.2) is 0 Å². The zero-order valence-corrected chi connectivity index (χ0v) is 10.6. The molecule has 0 bridgehead atoms. The van der Waals surface area contributed by atoms with Gasteiger partial charge in [0.1, 0.15) is 5.75 Å². The second kappa shape index (κ2) is 4.64. The van der Waals surface area contributed by atoms with E-state index in [2.05, 4.69) is 12.2 Å². The third kappa shape index (κ3) is 2.33. The fraction of sp³-hybridized carbons (Fsp3) is 0.538. The smallest absolute Gasteiger partial charge is 0.123 e. The summed E-state index contributed by atoms with van der Waals surface area (Å²) in [6.45, 7) is 3.35. The van der Waals surface area contributed by atoms with Crippen LogP contribution in [-0.4, -0.2) is 19.2 Å². The maximum Gasteiger partial charge on any atom is 0.123 e.